The van der Waals surface area contributed by atoms with Gasteiger partial charge in [0.15, 0.2) is 0 Å². The Kier molecular flexibility index (Phi) is 5.61. The number of hydrogen-bond donors (Lipinski definition) is 1. The number of aliphatic hydroxyl groups is 1. The third-order valence-corrected chi connectivity index (χ3v) is 6.69. The summed E-state index contributed by atoms with van der Waals surface area (Å²) in [6.45, 7) is 7.45. The highest BCUT2D eigenvalue weighted by Crippen LogP contribution is 2.37. The SMILES string of the molecule is Cc1nc(N2CC[C@](O)(c3ccccc3)[C@H](N3CCN(C)CC3)C2)ccc1Cl. The second-order valence-corrected chi connectivity index (χ2v) is 8.49. The molecular weight excluding hydrogens is 372 g/mol. The van der Waals surface area contributed by atoms with Crippen molar-refractivity contribution >= 4 is 17.4 Å². The first-order valence-electron chi connectivity index (χ1n) is 10.1. The highest BCUT2D eigenvalue weighted by molar-refractivity contribution is 6.31. The molecule has 2 aromatic rings. The number of pyridine rings is 1. The number of hydrogen-bond acceptors (Lipinski definition) is 5. The van der Waals surface area contributed by atoms with Gasteiger partial charge in [0.05, 0.1) is 16.8 Å². The van der Waals surface area contributed by atoms with Gasteiger partial charge >= 0.3 is 0 Å². The number of nitrogens with zero attached hydrogens (tertiary/aromatic N) is 4. The minimum Gasteiger partial charge on any atom is -0.383 e. The largest absolute Gasteiger partial charge is 0.383 e. The summed E-state index contributed by atoms with van der Waals surface area (Å²) in [5.74, 6) is 0.941. The Balaban J connectivity index is 1.64. The third-order valence-electron chi connectivity index (χ3n) is 6.29. The molecule has 2 aliphatic rings. The van der Waals surface area contributed by atoms with E-state index in [9.17, 15) is 5.11 Å². The molecule has 4 rings (SSSR count). The molecule has 2 saturated heterocycles. The molecule has 28 heavy (non-hydrogen) atoms. The van der Waals surface area contributed by atoms with Crippen molar-refractivity contribution in [2.75, 3.05) is 51.2 Å². The van der Waals surface area contributed by atoms with Gasteiger partial charge < -0.3 is 14.9 Å². The molecule has 6 heteroatoms. The van der Waals surface area contributed by atoms with Crippen LogP contribution in [-0.2, 0) is 5.60 Å². The quantitative estimate of drug-likeness (QED) is 0.858. The van der Waals surface area contributed by atoms with Crippen LogP contribution in [0, 0.1) is 6.92 Å². The topological polar surface area (TPSA) is 42.8 Å². The Morgan fingerprint density at radius 1 is 1.04 bits per heavy atom. The van der Waals surface area contributed by atoms with Gasteiger partial charge in [0, 0.05) is 39.3 Å². The van der Waals surface area contributed by atoms with Gasteiger partial charge in [0.1, 0.15) is 11.4 Å². The van der Waals surface area contributed by atoms with Crippen LogP contribution in [0.4, 0.5) is 5.82 Å². The van der Waals surface area contributed by atoms with Crippen LogP contribution in [0.25, 0.3) is 0 Å². The van der Waals surface area contributed by atoms with Crippen LogP contribution in [-0.4, -0.2) is 72.2 Å². The smallest absolute Gasteiger partial charge is 0.128 e. The highest BCUT2D eigenvalue weighted by atomic mass is 35.5. The van der Waals surface area contributed by atoms with E-state index in [4.69, 9.17) is 16.6 Å². The van der Waals surface area contributed by atoms with Gasteiger partial charge in [0.2, 0.25) is 0 Å². The number of piperidine rings is 1. The van der Waals surface area contributed by atoms with E-state index in [1.807, 2.05) is 37.3 Å². The van der Waals surface area contributed by atoms with E-state index in [1.54, 1.807) is 0 Å². The number of rotatable bonds is 3. The highest BCUT2D eigenvalue weighted by Gasteiger charge is 2.46. The molecule has 150 valence electrons. The lowest BCUT2D eigenvalue weighted by atomic mass is 9.79. The van der Waals surface area contributed by atoms with Gasteiger partial charge in [-0.1, -0.05) is 41.9 Å². The van der Waals surface area contributed by atoms with Crippen molar-refractivity contribution in [1.82, 2.24) is 14.8 Å². The zero-order valence-electron chi connectivity index (χ0n) is 16.7. The van der Waals surface area contributed by atoms with Gasteiger partial charge in [-0.3, -0.25) is 4.90 Å². The molecule has 2 atom stereocenters. The van der Waals surface area contributed by atoms with Crippen LogP contribution >= 0.6 is 11.6 Å². The summed E-state index contributed by atoms with van der Waals surface area (Å²) in [6.07, 6.45) is 0.678. The fraction of sp³-hybridized carbons (Fsp3) is 0.500. The van der Waals surface area contributed by atoms with Gasteiger partial charge in [0.25, 0.3) is 0 Å². The fourth-order valence-corrected chi connectivity index (χ4v) is 4.56. The van der Waals surface area contributed by atoms with Crippen LogP contribution in [0.1, 0.15) is 17.7 Å². The summed E-state index contributed by atoms with van der Waals surface area (Å²) in [5.41, 5.74) is 1.01. The van der Waals surface area contributed by atoms with E-state index >= 15 is 0 Å². The van der Waals surface area contributed by atoms with E-state index < -0.39 is 5.60 Å². The van der Waals surface area contributed by atoms with E-state index in [-0.39, 0.29) is 6.04 Å². The third kappa shape index (κ3) is 3.77. The van der Waals surface area contributed by atoms with Gasteiger partial charge in [-0.05, 0) is 38.1 Å². The number of benzene rings is 1. The summed E-state index contributed by atoms with van der Waals surface area (Å²) in [7, 11) is 2.16. The number of piperazine rings is 1. The molecule has 2 aliphatic heterocycles. The molecule has 3 heterocycles. The van der Waals surface area contributed by atoms with E-state index in [0.29, 0.717) is 11.4 Å². The number of anilines is 1. The number of aryl methyl sites for hydroxylation is 1. The molecular formula is C22H29ClN4O. The molecule has 0 amide bonds. The second-order valence-electron chi connectivity index (χ2n) is 8.08. The molecule has 0 saturated carbocycles. The van der Waals surface area contributed by atoms with Crippen molar-refractivity contribution in [3.63, 3.8) is 0 Å². The molecule has 5 nitrogen and oxygen atoms in total. The summed E-state index contributed by atoms with van der Waals surface area (Å²) >= 11 is 6.18. The molecule has 1 aromatic carbocycles. The van der Waals surface area contributed by atoms with E-state index in [1.165, 1.54) is 0 Å². The zero-order valence-corrected chi connectivity index (χ0v) is 17.4. The van der Waals surface area contributed by atoms with Crippen molar-refractivity contribution in [2.24, 2.45) is 0 Å². The molecule has 0 radical (unpaired) electrons. The van der Waals surface area contributed by atoms with Crippen molar-refractivity contribution in [3.05, 3.63) is 58.7 Å². The summed E-state index contributed by atoms with van der Waals surface area (Å²) in [6, 6.07) is 14.1. The van der Waals surface area contributed by atoms with E-state index in [0.717, 1.165) is 56.3 Å². The van der Waals surface area contributed by atoms with Crippen LogP contribution in [0.3, 0.4) is 0 Å². The minimum atomic E-state index is -0.852. The van der Waals surface area contributed by atoms with Gasteiger partial charge in [-0.15, -0.1) is 0 Å². The predicted molar refractivity (Wildman–Crippen MR) is 114 cm³/mol. The molecule has 0 bridgehead atoms. The molecule has 1 aromatic heterocycles. The molecule has 2 fully saturated rings. The van der Waals surface area contributed by atoms with Gasteiger partial charge in [-0.25, -0.2) is 4.98 Å². The maximum Gasteiger partial charge on any atom is 0.128 e. The first-order valence-corrected chi connectivity index (χ1v) is 10.4. The Bertz CT molecular complexity index is 809. The minimum absolute atomic E-state index is 0.0233. The monoisotopic (exact) mass is 400 g/mol. The maximum absolute atomic E-state index is 11.9. The standard InChI is InChI=1S/C22H29ClN4O/c1-17-19(23)8-9-21(24-17)27-11-10-22(28,18-6-4-3-5-7-18)20(16-27)26-14-12-25(2)13-15-26/h3-9,20,28H,10-16H2,1-2H3/t20-,22+/m1/s1. The fourth-order valence-electron chi connectivity index (χ4n) is 4.45. The lowest BCUT2D eigenvalue weighted by Crippen LogP contribution is -2.64. The molecule has 0 unspecified atom stereocenters. The van der Waals surface area contributed by atoms with Crippen LogP contribution in [0.15, 0.2) is 42.5 Å². The first-order chi connectivity index (χ1) is 13.5. The normalized spacial score (nSPS) is 27.1. The van der Waals surface area contributed by atoms with Crippen LogP contribution < -0.4 is 4.90 Å². The van der Waals surface area contributed by atoms with Crippen LogP contribution in [0.2, 0.25) is 5.02 Å². The molecule has 0 spiro atoms. The Labute approximate surface area is 172 Å². The average Bonchev–Trinajstić information content (AvgIpc) is 2.72. The Hall–Kier alpha value is -1.66. The van der Waals surface area contributed by atoms with Crippen LogP contribution in [0.5, 0.6) is 0 Å². The van der Waals surface area contributed by atoms with Crippen molar-refractivity contribution in [3.8, 4) is 0 Å². The summed E-state index contributed by atoms with van der Waals surface area (Å²) in [5, 5.41) is 12.6. The van der Waals surface area contributed by atoms with E-state index in [2.05, 4.69) is 33.9 Å². The maximum atomic E-state index is 11.9. The Morgan fingerprint density at radius 3 is 2.43 bits per heavy atom. The van der Waals surface area contributed by atoms with Crippen molar-refractivity contribution in [2.45, 2.75) is 25.0 Å². The predicted octanol–water partition coefficient (Wildman–Crippen LogP) is 2.76. The molecule has 1 N–H and O–H groups in total. The number of aromatic nitrogens is 1. The summed E-state index contributed by atoms with van der Waals surface area (Å²) < 4.78 is 0. The first kappa shape index (κ1) is 19.6. The molecule has 0 aliphatic carbocycles. The average molecular weight is 401 g/mol. The second kappa shape index (κ2) is 7.99. The Morgan fingerprint density at radius 2 is 1.75 bits per heavy atom. The van der Waals surface area contributed by atoms with Gasteiger partial charge in [-0.2, -0.15) is 0 Å². The number of likely N-dealkylation sites (N-methyl/N-ethyl adjacent to an activating group) is 1. The lowest BCUT2D eigenvalue weighted by molar-refractivity contribution is -0.0757. The summed E-state index contributed by atoms with van der Waals surface area (Å²) in [4.78, 5) is 11.8. The number of halogens is 1. The van der Waals surface area contributed by atoms with Crippen molar-refractivity contribution in [1.29, 1.82) is 0 Å². The van der Waals surface area contributed by atoms with Crippen molar-refractivity contribution < 1.29 is 5.11 Å². The lowest BCUT2D eigenvalue weighted by Gasteiger charge is -2.51. The zero-order chi connectivity index (χ0) is 19.7.